The molecule has 4 N–H and O–H groups in total. The van der Waals surface area contributed by atoms with Crippen LogP contribution in [0.5, 0.6) is 5.75 Å². The van der Waals surface area contributed by atoms with Crippen LogP contribution in [0.3, 0.4) is 0 Å². The van der Waals surface area contributed by atoms with Gasteiger partial charge >= 0.3 is 0 Å². The molecule has 3 aromatic rings. The summed E-state index contributed by atoms with van der Waals surface area (Å²) in [5.41, 5.74) is 7.09. The maximum atomic E-state index is 14.4. The number of hydrogen-bond donors (Lipinski definition) is 3. The minimum absolute atomic E-state index is 0.101. The summed E-state index contributed by atoms with van der Waals surface area (Å²) in [6.07, 6.45) is 1.43. The Labute approximate surface area is 267 Å². The lowest BCUT2D eigenvalue weighted by atomic mass is 9.59. The average Bonchev–Trinajstić information content (AvgIpc) is 3.22. The molecular weight excluding hydrogens is 690 g/mol. The maximum absolute atomic E-state index is 14.4. The second-order valence-corrected chi connectivity index (χ2v) is 13.2. The number of hydrogen-bond acceptors (Lipinski definition) is 5. The molecule has 6 rings (SSSR count). The van der Waals surface area contributed by atoms with Gasteiger partial charge in [0.05, 0.1) is 12.6 Å². The summed E-state index contributed by atoms with van der Waals surface area (Å²) in [4.78, 5) is 41.2. The third-order valence-electron chi connectivity index (χ3n) is 8.49. The third kappa shape index (κ3) is 5.36. The Hall–Kier alpha value is -2.86. The smallest absolute Gasteiger partial charge is 0.238 e. The zero-order valence-corrected chi connectivity index (χ0v) is 26.2. The number of likely N-dealkylation sites (tertiary alicyclic amines) is 1. The minimum Gasteiger partial charge on any atom is -0.490 e. The van der Waals surface area contributed by atoms with Gasteiger partial charge in [-0.1, -0.05) is 41.4 Å². The van der Waals surface area contributed by atoms with E-state index in [0.717, 1.165) is 20.3 Å². The van der Waals surface area contributed by atoms with Crippen molar-refractivity contribution in [1.29, 1.82) is 0 Å². The molecule has 0 bridgehead atoms. The second-order valence-electron chi connectivity index (χ2n) is 11.1. The molecule has 11 heteroatoms. The molecule has 8 nitrogen and oxygen atoms in total. The molecule has 0 aromatic heterocycles. The first-order chi connectivity index (χ1) is 20.1. The third-order valence-corrected chi connectivity index (χ3v) is 9.63. The van der Waals surface area contributed by atoms with E-state index in [9.17, 15) is 14.4 Å². The predicted molar refractivity (Wildman–Crippen MR) is 170 cm³/mol. The number of anilines is 1. The zero-order valence-electron chi connectivity index (χ0n) is 22.5. The highest BCUT2D eigenvalue weighted by Crippen LogP contribution is 2.58. The van der Waals surface area contributed by atoms with E-state index in [4.69, 9.17) is 33.7 Å². The summed E-state index contributed by atoms with van der Waals surface area (Å²) in [5, 5.41) is 7.29. The Balaban J connectivity index is 1.46. The van der Waals surface area contributed by atoms with Crippen molar-refractivity contribution in [3.05, 3.63) is 91.0 Å². The summed E-state index contributed by atoms with van der Waals surface area (Å²) in [5.74, 6) is -0.650. The van der Waals surface area contributed by atoms with Crippen LogP contribution in [0, 0.1) is 3.57 Å². The monoisotopic (exact) mass is 718 g/mol. The summed E-state index contributed by atoms with van der Waals surface area (Å²) < 4.78 is 7.56. The van der Waals surface area contributed by atoms with Gasteiger partial charge in [0.15, 0.2) is 0 Å². The molecule has 3 unspecified atom stereocenters. The Morgan fingerprint density at radius 1 is 1.05 bits per heavy atom. The van der Waals surface area contributed by atoms with Crippen LogP contribution in [-0.4, -0.2) is 48.4 Å². The summed E-state index contributed by atoms with van der Waals surface area (Å²) in [6.45, 7) is 1.59. The van der Waals surface area contributed by atoms with Gasteiger partial charge in [0, 0.05) is 50.3 Å². The van der Waals surface area contributed by atoms with E-state index in [1.54, 1.807) is 18.2 Å². The number of benzene rings is 3. The van der Waals surface area contributed by atoms with Crippen LogP contribution in [-0.2, 0) is 19.8 Å². The molecule has 42 heavy (non-hydrogen) atoms. The van der Waals surface area contributed by atoms with Crippen LogP contribution in [0.2, 0.25) is 10.0 Å². The van der Waals surface area contributed by atoms with Crippen LogP contribution < -0.4 is 21.1 Å². The number of amides is 3. The number of halogens is 3. The molecular formula is C31H29Cl2IN4O4. The number of primary amides is 1. The van der Waals surface area contributed by atoms with Crippen LogP contribution in [0.25, 0.3) is 0 Å². The number of fused-ring (bicyclic) bond motifs is 2. The molecule has 0 saturated carbocycles. The van der Waals surface area contributed by atoms with Gasteiger partial charge < -0.3 is 21.1 Å². The number of nitrogens with zero attached hydrogens (tertiary/aromatic N) is 1. The SMILES string of the molecule is NC(=O)CN1CCC(Oc2ccc(I)cc2C2NC(=O)CC(c3cccc(Cl)c3)C23C(=O)Nc2cc(Cl)ccc23)CC1. The number of nitrogens with two attached hydrogens (primary N) is 1. The second kappa shape index (κ2) is 11.7. The number of piperidine rings is 2. The fourth-order valence-electron chi connectivity index (χ4n) is 6.71. The van der Waals surface area contributed by atoms with Crippen molar-refractivity contribution in [2.24, 2.45) is 5.73 Å². The molecule has 3 heterocycles. The molecule has 0 radical (unpaired) electrons. The van der Waals surface area contributed by atoms with Crippen molar-refractivity contribution in [2.45, 2.75) is 42.7 Å². The van der Waals surface area contributed by atoms with Gasteiger partial charge in [0.2, 0.25) is 17.7 Å². The van der Waals surface area contributed by atoms with Crippen molar-refractivity contribution >= 4 is 69.2 Å². The number of rotatable bonds is 6. The van der Waals surface area contributed by atoms with Gasteiger partial charge in [-0.2, -0.15) is 0 Å². The van der Waals surface area contributed by atoms with Crippen molar-refractivity contribution < 1.29 is 19.1 Å². The average molecular weight is 719 g/mol. The predicted octanol–water partition coefficient (Wildman–Crippen LogP) is 5.16. The largest absolute Gasteiger partial charge is 0.490 e. The fourth-order valence-corrected chi connectivity index (χ4v) is 7.59. The van der Waals surface area contributed by atoms with Crippen LogP contribution in [0.15, 0.2) is 60.7 Å². The van der Waals surface area contributed by atoms with Crippen LogP contribution >= 0.6 is 45.8 Å². The summed E-state index contributed by atoms with van der Waals surface area (Å²) in [7, 11) is 0. The molecule has 218 valence electrons. The van der Waals surface area contributed by atoms with Crippen molar-refractivity contribution in [3.8, 4) is 5.75 Å². The highest BCUT2D eigenvalue weighted by Gasteiger charge is 2.61. The first-order valence-corrected chi connectivity index (χ1v) is 15.6. The van der Waals surface area contributed by atoms with Gasteiger partial charge in [-0.25, -0.2) is 0 Å². The van der Waals surface area contributed by atoms with E-state index < -0.39 is 17.4 Å². The first-order valence-electron chi connectivity index (χ1n) is 13.8. The van der Waals surface area contributed by atoms with E-state index in [-0.39, 0.29) is 36.8 Å². The number of ether oxygens (including phenoxy) is 1. The van der Waals surface area contributed by atoms with Gasteiger partial charge in [-0.3, -0.25) is 19.3 Å². The summed E-state index contributed by atoms with van der Waals surface area (Å²) in [6, 6.07) is 17.9. The fraction of sp³-hybridized carbons (Fsp3) is 0.323. The standard InChI is InChI=1S/C31H29Cl2IN4O4/c32-18-3-1-2-17(12-18)24-15-28(40)37-29(31(24)23-6-4-19(33)13-25(23)36-30(31)41)22-14-20(34)5-7-26(22)42-21-8-10-38(11-9-21)16-27(35)39/h1-7,12-14,21,24,29H,8-11,15-16H2,(H2,35,39)(H,36,41)(H,37,40). The molecule has 3 aliphatic heterocycles. The lowest BCUT2D eigenvalue weighted by Crippen LogP contribution is -2.57. The Kier molecular flexibility index (Phi) is 8.12. The first kappa shape index (κ1) is 29.2. The molecule has 1 spiro atoms. The quantitative estimate of drug-likeness (QED) is 0.305. The van der Waals surface area contributed by atoms with Crippen molar-refractivity contribution in [2.75, 3.05) is 25.0 Å². The Morgan fingerprint density at radius 3 is 2.55 bits per heavy atom. The van der Waals surface area contributed by atoms with Gasteiger partial charge in [-0.05, 0) is 89.0 Å². The lowest BCUT2D eigenvalue weighted by Gasteiger charge is -2.47. The number of carbonyl (C=O) groups excluding carboxylic acids is 3. The van der Waals surface area contributed by atoms with Crippen molar-refractivity contribution in [1.82, 2.24) is 10.2 Å². The van der Waals surface area contributed by atoms with E-state index in [2.05, 4.69) is 33.2 Å². The van der Waals surface area contributed by atoms with Crippen molar-refractivity contribution in [3.63, 3.8) is 0 Å². The normalized spacial score (nSPS) is 24.3. The molecule has 3 atom stereocenters. The minimum atomic E-state index is -1.20. The van der Waals surface area contributed by atoms with Crippen LogP contribution in [0.4, 0.5) is 5.69 Å². The number of carbonyl (C=O) groups is 3. The van der Waals surface area contributed by atoms with E-state index in [0.29, 0.717) is 47.4 Å². The van der Waals surface area contributed by atoms with Gasteiger partial charge in [0.1, 0.15) is 17.3 Å². The van der Waals surface area contributed by atoms with Crippen LogP contribution in [0.1, 0.15) is 47.9 Å². The van der Waals surface area contributed by atoms with E-state index in [1.165, 1.54) is 0 Å². The molecule has 3 amide bonds. The maximum Gasteiger partial charge on any atom is 0.238 e. The Bertz CT molecular complexity index is 1580. The van der Waals surface area contributed by atoms with Gasteiger partial charge in [0.25, 0.3) is 0 Å². The molecule has 2 saturated heterocycles. The zero-order chi connectivity index (χ0) is 29.6. The molecule has 2 fully saturated rings. The van der Waals surface area contributed by atoms with E-state index >= 15 is 0 Å². The highest BCUT2D eigenvalue weighted by atomic mass is 127. The van der Waals surface area contributed by atoms with E-state index in [1.807, 2.05) is 47.4 Å². The van der Waals surface area contributed by atoms with Gasteiger partial charge in [-0.15, -0.1) is 0 Å². The number of nitrogens with one attached hydrogen (secondary N) is 2. The highest BCUT2D eigenvalue weighted by molar-refractivity contribution is 14.1. The lowest BCUT2D eigenvalue weighted by molar-refractivity contribution is -0.131. The summed E-state index contributed by atoms with van der Waals surface area (Å²) >= 11 is 15.0. The molecule has 3 aliphatic rings. The Morgan fingerprint density at radius 2 is 1.81 bits per heavy atom. The molecule has 0 aliphatic carbocycles. The topological polar surface area (TPSA) is 114 Å². The molecule has 3 aromatic carbocycles.